The van der Waals surface area contributed by atoms with Gasteiger partial charge < -0.3 is 56.0 Å². The summed E-state index contributed by atoms with van der Waals surface area (Å²) in [6, 6.07) is 0. The number of nitrogen functional groups attached to an aromatic ring is 1. The molecule has 64 heavy (non-hydrogen) atoms. The van der Waals surface area contributed by atoms with Gasteiger partial charge in [0.2, 0.25) is 11.8 Å². The van der Waals surface area contributed by atoms with E-state index < -0.39 is 90.7 Å². The van der Waals surface area contributed by atoms with Gasteiger partial charge in [-0.15, -0.1) is 0 Å². The van der Waals surface area contributed by atoms with Crippen LogP contribution in [0.25, 0.3) is 11.2 Å². The number of amides is 2. The van der Waals surface area contributed by atoms with E-state index in [2.05, 4.69) is 40.5 Å². The number of imidazole rings is 1. The molecular formula is C35H56N7O18P3S. The number of nitrogens with zero attached hydrogens (tertiary/aromatic N) is 4. The van der Waals surface area contributed by atoms with Crippen LogP contribution in [0, 0.1) is 5.41 Å². The van der Waals surface area contributed by atoms with Gasteiger partial charge in [-0.1, -0.05) is 62.1 Å². The van der Waals surface area contributed by atoms with E-state index in [1.54, 1.807) is 6.08 Å². The summed E-state index contributed by atoms with van der Waals surface area (Å²) in [7, 11) is -16.4. The molecule has 0 radical (unpaired) electrons. The van der Waals surface area contributed by atoms with Gasteiger partial charge in [-0.25, -0.2) is 28.6 Å². The Morgan fingerprint density at radius 1 is 1.00 bits per heavy atom. The number of allylic oxidation sites excluding steroid dienone is 5. The lowest BCUT2D eigenvalue weighted by atomic mass is 9.87. The second-order valence-corrected chi connectivity index (χ2v) is 20.1. The van der Waals surface area contributed by atoms with Crippen molar-refractivity contribution in [3.8, 4) is 0 Å². The molecule has 29 heteroatoms. The van der Waals surface area contributed by atoms with Gasteiger partial charge in [-0.2, -0.15) is 4.31 Å². The Bertz CT molecular complexity index is 2100. The second-order valence-electron chi connectivity index (χ2n) is 14.7. The predicted octanol–water partition coefficient (Wildman–Crippen LogP) is 1.66. The van der Waals surface area contributed by atoms with E-state index in [1.807, 2.05) is 31.2 Å². The minimum Gasteiger partial charge on any atom is -0.389 e. The van der Waals surface area contributed by atoms with Gasteiger partial charge in [0.25, 0.3) is 0 Å². The van der Waals surface area contributed by atoms with E-state index in [-0.39, 0.29) is 53.8 Å². The molecule has 1 aliphatic heterocycles. The van der Waals surface area contributed by atoms with Crippen LogP contribution < -0.4 is 16.4 Å². The number of thioether (sulfide) groups is 1. The normalized spacial score (nSPS) is 21.3. The highest BCUT2D eigenvalue weighted by atomic mass is 32.2. The first-order chi connectivity index (χ1) is 29.9. The first-order valence-corrected chi connectivity index (χ1v) is 25.1. The zero-order valence-corrected chi connectivity index (χ0v) is 38.6. The third kappa shape index (κ3) is 18.9. The molecular weight excluding hydrogens is 931 g/mol. The predicted molar refractivity (Wildman–Crippen MR) is 229 cm³/mol. The molecule has 25 nitrogen and oxygen atoms in total. The van der Waals surface area contributed by atoms with Crippen LogP contribution in [0.5, 0.6) is 0 Å². The lowest BCUT2D eigenvalue weighted by Gasteiger charge is -2.30. The molecule has 8 atom stereocenters. The zero-order valence-electron chi connectivity index (χ0n) is 35.1. The summed E-state index contributed by atoms with van der Waals surface area (Å²) in [5, 5.41) is 36.3. The number of fused-ring (bicyclic) bond motifs is 1. The monoisotopic (exact) mass is 987 g/mol. The summed E-state index contributed by atoms with van der Waals surface area (Å²) >= 11 is 0.948. The summed E-state index contributed by atoms with van der Waals surface area (Å²) < 4.78 is 62.3. The number of rotatable bonds is 28. The highest BCUT2D eigenvalue weighted by Gasteiger charge is 2.50. The van der Waals surface area contributed by atoms with Gasteiger partial charge in [0.15, 0.2) is 22.8 Å². The van der Waals surface area contributed by atoms with Crippen LogP contribution in [0.1, 0.15) is 65.5 Å². The van der Waals surface area contributed by atoms with E-state index in [4.69, 9.17) is 19.5 Å². The third-order valence-electron chi connectivity index (χ3n) is 8.93. The lowest BCUT2D eigenvalue weighted by Crippen LogP contribution is -2.46. The Balaban J connectivity index is 1.38. The maximum atomic E-state index is 12.7. The maximum absolute atomic E-state index is 12.7. The number of phosphoric acid groups is 3. The summed E-state index contributed by atoms with van der Waals surface area (Å²) in [5.41, 5.74) is 4.24. The zero-order chi connectivity index (χ0) is 47.7. The number of phosphoric ester groups is 3. The minimum atomic E-state index is -5.59. The number of carbonyl (C=O) groups is 3. The van der Waals surface area contributed by atoms with E-state index in [9.17, 15) is 63.0 Å². The Labute approximate surface area is 372 Å². The number of aliphatic hydroxyl groups is 3. The highest BCUT2D eigenvalue weighted by Crippen LogP contribution is 2.61. The van der Waals surface area contributed by atoms with Gasteiger partial charge in [-0.05, 0) is 32.6 Å². The number of hydrogen-bond acceptors (Lipinski definition) is 19. The van der Waals surface area contributed by atoms with Crippen molar-refractivity contribution in [3.63, 3.8) is 0 Å². The lowest BCUT2D eigenvalue weighted by molar-refractivity contribution is -0.137. The molecule has 0 aromatic carbocycles. The van der Waals surface area contributed by atoms with Gasteiger partial charge in [0, 0.05) is 37.1 Å². The average molecular weight is 988 g/mol. The van der Waals surface area contributed by atoms with Crippen LogP contribution >= 0.6 is 35.2 Å². The highest BCUT2D eigenvalue weighted by molar-refractivity contribution is 8.13. The largest absolute Gasteiger partial charge is 0.481 e. The summed E-state index contributed by atoms with van der Waals surface area (Å²) in [5.74, 6) is -1.29. The molecule has 3 heterocycles. The molecule has 0 bridgehead atoms. The van der Waals surface area contributed by atoms with Crippen LogP contribution in [-0.2, 0) is 50.7 Å². The fourth-order valence-electron chi connectivity index (χ4n) is 5.66. The van der Waals surface area contributed by atoms with Gasteiger partial charge in [-0.3, -0.25) is 32.5 Å². The molecule has 1 fully saturated rings. The van der Waals surface area contributed by atoms with Crippen LogP contribution in [-0.4, -0.2) is 134 Å². The number of aromatic nitrogens is 4. The number of aliphatic hydroxyl groups excluding tert-OH is 3. The number of nitrogens with one attached hydrogen (secondary N) is 2. The number of nitrogens with two attached hydrogens (primary N) is 1. The van der Waals surface area contributed by atoms with E-state index in [0.717, 1.165) is 54.7 Å². The molecule has 360 valence electrons. The fourth-order valence-corrected chi connectivity index (χ4v) is 9.21. The molecule has 2 amide bonds. The van der Waals surface area contributed by atoms with Gasteiger partial charge in [0.05, 0.1) is 25.6 Å². The Morgan fingerprint density at radius 3 is 2.38 bits per heavy atom. The Hall–Kier alpha value is -3.26. The SMILES string of the molecule is C/C=C/C=C/CCCC/C=C/C(O)CC(=O)SCCNC(=O)CCNC(=O)C(O)C(C)(C)COP(=O)(O)OP(=O)(O)OCC1OC(n2cnc3c(N)ncnc32)C(O)C1OP(=O)(O)O. The average Bonchev–Trinajstić information content (AvgIpc) is 3.76. The quantitative estimate of drug-likeness (QED) is 0.0251. The van der Waals surface area contributed by atoms with E-state index in [1.165, 1.54) is 13.8 Å². The molecule has 0 spiro atoms. The number of hydrogen-bond donors (Lipinski definition) is 10. The second kappa shape index (κ2) is 25.6. The molecule has 3 rings (SSSR count). The first kappa shape index (κ1) is 55.1. The number of carbonyl (C=O) groups excluding carboxylic acids is 3. The smallest absolute Gasteiger partial charge is 0.389 e. The van der Waals surface area contributed by atoms with Crippen LogP contribution in [0.4, 0.5) is 5.82 Å². The Morgan fingerprint density at radius 2 is 1.69 bits per heavy atom. The van der Waals surface area contributed by atoms with E-state index in [0.29, 0.717) is 0 Å². The summed E-state index contributed by atoms with van der Waals surface area (Å²) in [6.07, 6.45) is 7.12. The topological polar surface area (TPSA) is 384 Å². The number of ether oxygens (including phenoxy) is 1. The number of anilines is 1. The summed E-state index contributed by atoms with van der Waals surface area (Å²) in [4.78, 5) is 88.1. The molecule has 2 aromatic heterocycles. The number of unbranched alkanes of at least 4 members (excludes halogenated alkanes) is 3. The van der Waals surface area contributed by atoms with Crippen molar-refractivity contribution in [3.05, 3.63) is 49.1 Å². The van der Waals surface area contributed by atoms with Crippen molar-refractivity contribution >= 4 is 69.1 Å². The van der Waals surface area contributed by atoms with Gasteiger partial charge in [0.1, 0.15) is 36.3 Å². The van der Waals surface area contributed by atoms with Crippen molar-refractivity contribution in [1.82, 2.24) is 30.2 Å². The molecule has 0 saturated carbocycles. The fraction of sp³-hybridized carbons (Fsp3) is 0.600. The van der Waals surface area contributed by atoms with Crippen molar-refractivity contribution < 1.29 is 85.6 Å². The van der Waals surface area contributed by atoms with E-state index >= 15 is 0 Å². The molecule has 11 N–H and O–H groups in total. The van der Waals surface area contributed by atoms with Crippen LogP contribution in [0.3, 0.4) is 0 Å². The molecule has 8 unspecified atom stereocenters. The first-order valence-electron chi connectivity index (χ1n) is 19.6. The minimum absolute atomic E-state index is 0.0248. The van der Waals surface area contributed by atoms with Crippen molar-refractivity contribution in [2.24, 2.45) is 5.41 Å². The standard InChI is InChI=1S/C35H56N7O18P3S/c1-4-5-6-7-8-9-10-11-12-13-23(43)18-26(45)64-17-16-37-25(44)14-15-38-33(48)30(47)35(2,3)20-57-63(54,55)60-62(52,53)56-19-24-29(59-61(49,50)51)28(46)34(58-24)42-22-41-27-31(36)39-21-40-32(27)42/h4-7,12-13,21-24,28-30,34,43,46-47H,8-11,14-20H2,1-3H3,(H,37,44)(H,38,48)(H,52,53)(H,54,55)(H2,36,39,40)(H2,49,50,51)/b5-4+,7-6+,13-12+. The Kier molecular flexibility index (Phi) is 22.0. The molecule has 1 saturated heterocycles. The molecule has 0 aliphatic carbocycles. The summed E-state index contributed by atoms with van der Waals surface area (Å²) in [6.45, 7) is 2.28. The van der Waals surface area contributed by atoms with Gasteiger partial charge >= 0.3 is 23.5 Å². The van der Waals surface area contributed by atoms with Crippen molar-refractivity contribution in [2.45, 2.75) is 96.0 Å². The van der Waals surface area contributed by atoms with Crippen LogP contribution in [0.2, 0.25) is 0 Å². The van der Waals surface area contributed by atoms with Crippen molar-refractivity contribution in [2.75, 3.05) is 37.8 Å². The van der Waals surface area contributed by atoms with Crippen molar-refractivity contribution in [1.29, 1.82) is 0 Å². The maximum Gasteiger partial charge on any atom is 0.481 e. The molecule has 1 aliphatic rings. The molecule has 2 aromatic rings. The van der Waals surface area contributed by atoms with Crippen LogP contribution in [0.15, 0.2) is 49.1 Å². The third-order valence-corrected chi connectivity index (χ3v) is 12.9.